The zero-order valence-corrected chi connectivity index (χ0v) is 18.4. The van der Waals surface area contributed by atoms with E-state index in [0.29, 0.717) is 5.69 Å². The van der Waals surface area contributed by atoms with Gasteiger partial charge in [-0.2, -0.15) is 0 Å². The first-order valence-corrected chi connectivity index (χ1v) is 11.1. The summed E-state index contributed by atoms with van der Waals surface area (Å²) in [5.74, 6) is -2.25. The third-order valence-electron chi connectivity index (χ3n) is 5.75. The number of nitrogens with zero attached hydrogens (tertiary/aromatic N) is 2. The fraction of sp³-hybridized carbons (Fsp3) is 0.280. The van der Waals surface area contributed by atoms with Gasteiger partial charge in [-0.1, -0.05) is 31.0 Å². The van der Waals surface area contributed by atoms with Gasteiger partial charge >= 0.3 is 0 Å². The molecule has 1 aromatic carbocycles. The van der Waals surface area contributed by atoms with Crippen molar-refractivity contribution >= 4 is 23.4 Å². The number of anilines is 1. The van der Waals surface area contributed by atoms with Gasteiger partial charge in [0.05, 0.1) is 24.7 Å². The molecule has 1 aliphatic rings. The number of hydrogen-bond acceptors (Lipinski definition) is 5. The normalized spacial score (nSPS) is 14.4. The molecule has 2 heterocycles. The maximum absolute atomic E-state index is 14.9. The van der Waals surface area contributed by atoms with Crippen molar-refractivity contribution in [3.63, 3.8) is 0 Å². The van der Waals surface area contributed by atoms with Gasteiger partial charge in [0, 0.05) is 17.8 Å². The minimum Gasteiger partial charge on any atom is -0.459 e. The molecule has 1 fully saturated rings. The number of carbonyl (C=O) groups excluding carboxylic acids is 3. The summed E-state index contributed by atoms with van der Waals surface area (Å²) in [5.41, 5.74) is 0.349. The van der Waals surface area contributed by atoms with Crippen molar-refractivity contribution < 1.29 is 23.2 Å². The van der Waals surface area contributed by atoms with Crippen LogP contribution in [0.25, 0.3) is 0 Å². The molecule has 8 nitrogen and oxygen atoms in total. The number of furan rings is 1. The van der Waals surface area contributed by atoms with Gasteiger partial charge in [0.25, 0.3) is 5.91 Å². The summed E-state index contributed by atoms with van der Waals surface area (Å²) in [6.07, 6.45) is 7.95. The average molecular weight is 464 g/mol. The van der Waals surface area contributed by atoms with Crippen LogP contribution >= 0.6 is 0 Å². The first-order valence-electron chi connectivity index (χ1n) is 11.1. The van der Waals surface area contributed by atoms with Gasteiger partial charge in [0.1, 0.15) is 11.9 Å². The Kier molecular flexibility index (Phi) is 7.31. The van der Waals surface area contributed by atoms with E-state index in [0.717, 1.165) is 25.7 Å². The monoisotopic (exact) mass is 464 g/mol. The number of aromatic nitrogens is 1. The SMILES string of the molecule is O=C(NCC(=O)N(c1cccnc1)C(C(=O)NC1CCCC1)c1ccccc1F)c1ccco1. The van der Waals surface area contributed by atoms with Crippen molar-refractivity contribution in [3.05, 3.63) is 84.3 Å². The molecule has 0 aliphatic heterocycles. The lowest BCUT2D eigenvalue weighted by Crippen LogP contribution is -2.49. The Balaban J connectivity index is 1.67. The number of hydrogen-bond donors (Lipinski definition) is 2. The van der Waals surface area contributed by atoms with Gasteiger partial charge in [0.2, 0.25) is 11.8 Å². The first kappa shape index (κ1) is 23.2. The highest BCUT2D eigenvalue weighted by molar-refractivity contribution is 6.04. The van der Waals surface area contributed by atoms with E-state index >= 15 is 0 Å². The fourth-order valence-corrected chi connectivity index (χ4v) is 4.11. The maximum Gasteiger partial charge on any atom is 0.287 e. The molecule has 9 heteroatoms. The molecule has 1 aliphatic carbocycles. The summed E-state index contributed by atoms with van der Waals surface area (Å²) < 4.78 is 20.0. The quantitative estimate of drug-likeness (QED) is 0.532. The Morgan fingerprint density at radius 2 is 1.88 bits per heavy atom. The predicted octanol–water partition coefficient (Wildman–Crippen LogP) is 3.38. The van der Waals surface area contributed by atoms with Crippen molar-refractivity contribution in [3.8, 4) is 0 Å². The van der Waals surface area contributed by atoms with E-state index in [1.54, 1.807) is 24.3 Å². The Morgan fingerprint density at radius 3 is 2.56 bits per heavy atom. The minimum atomic E-state index is -1.29. The van der Waals surface area contributed by atoms with Crippen LogP contribution in [0.3, 0.4) is 0 Å². The molecule has 176 valence electrons. The van der Waals surface area contributed by atoms with Crippen LogP contribution in [0.15, 0.2) is 71.6 Å². The molecule has 2 N–H and O–H groups in total. The molecular formula is C25H25FN4O4. The highest BCUT2D eigenvalue weighted by Crippen LogP contribution is 2.30. The average Bonchev–Trinajstić information content (AvgIpc) is 3.56. The van der Waals surface area contributed by atoms with Crippen molar-refractivity contribution in [1.29, 1.82) is 0 Å². The van der Waals surface area contributed by atoms with E-state index in [2.05, 4.69) is 15.6 Å². The Labute approximate surface area is 196 Å². The van der Waals surface area contributed by atoms with Crippen molar-refractivity contribution in [1.82, 2.24) is 15.6 Å². The molecular weight excluding hydrogens is 439 g/mol. The summed E-state index contributed by atoms with van der Waals surface area (Å²) in [6, 6.07) is 10.8. The molecule has 0 spiro atoms. The van der Waals surface area contributed by atoms with Crippen LogP contribution in [0.1, 0.15) is 47.8 Å². The molecule has 0 saturated heterocycles. The number of halogens is 1. The highest BCUT2D eigenvalue weighted by Gasteiger charge is 2.36. The topological polar surface area (TPSA) is 105 Å². The van der Waals surface area contributed by atoms with Crippen LogP contribution in [-0.2, 0) is 9.59 Å². The standard InChI is InChI=1S/C25H25FN4O4/c26-20-11-4-3-10-19(20)23(25(33)29-17-7-1-2-8-17)30(18-9-5-13-27-15-18)22(31)16-28-24(32)21-12-6-14-34-21/h3-6,9-15,17,23H,1-2,7-8,16H2,(H,28,32)(H,29,33). The van der Waals surface area contributed by atoms with Gasteiger partial charge in [-0.15, -0.1) is 0 Å². The van der Waals surface area contributed by atoms with Crippen LogP contribution in [0.2, 0.25) is 0 Å². The van der Waals surface area contributed by atoms with Crippen molar-refractivity contribution in [2.45, 2.75) is 37.8 Å². The van der Waals surface area contributed by atoms with Gasteiger partial charge in [-0.25, -0.2) is 4.39 Å². The number of rotatable bonds is 8. The number of nitrogens with one attached hydrogen (secondary N) is 2. The summed E-state index contributed by atoms with van der Waals surface area (Å²) in [5, 5.41) is 5.47. The molecule has 1 saturated carbocycles. The van der Waals surface area contributed by atoms with E-state index < -0.39 is 36.1 Å². The lowest BCUT2D eigenvalue weighted by molar-refractivity contribution is -0.126. The molecule has 0 radical (unpaired) electrons. The molecule has 3 aromatic rings. The van der Waals surface area contributed by atoms with E-state index in [9.17, 15) is 18.8 Å². The zero-order chi connectivity index (χ0) is 23.9. The Morgan fingerprint density at radius 1 is 1.09 bits per heavy atom. The summed E-state index contributed by atoms with van der Waals surface area (Å²) in [7, 11) is 0. The number of carbonyl (C=O) groups is 3. The van der Waals surface area contributed by atoms with E-state index in [1.807, 2.05) is 0 Å². The van der Waals surface area contributed by atoms with Crippen LogP contribution in [-0.4, -0.2) is 35.3 Å². The zero-order valence-electron chi connectivity index (χ0n) is 18.4. The maximum atomic E-state index is 14.9. The Hall–Kier alpha value is -4.01. The van der Waals surface area contributed by atoms with E-state index in [-0.39, 0.29) is 17.4 Å². The summed E-state index contributed by atoms with van der Waals surface area (Å²) in [6.45, 7) is -0.434. The van der Waals surface area contributed by atoms with Crippen molar-refractivity contribution in [2.24, 2.45) is 0 Å². The fourth-order valence-electron chi connectivity index (χ4n) is 4.11. The number of amides is 3. The first-order chi connectivity index (χ1) is 16.5. The van der Waals surface area contributed by atoms with Crippen molar-refractivity contribution in [2.75, 3.05) is 11.4 Å². The third-order valence-corrected chi connectivity index (χ3v) is 5.75. The van der Waals surface area contributed by atoms with E-state index in [1.165, 1.54) is 47.8 Å². The van der Waals surface area contributed by atoms with Crippen LogP contribution < -0.4 is 15.5 Å². The minimum absolute atomic E-state index is 0.0359. The van der Waals surface area contributed by atoms with Crippen LogP contribution in [0.4, 0.5) is 10.1 Å². The second-order valence-electron chi connectivity index (χ2n) is 8.05. The van der Waals surface area contributed by atoms with Gasteiger partial charge < -0.3 is 15.1 Å². The highest BCUT2D eigenvalue weighted by atomic mass is 19.1. The Bertz CT molecular complexity index is 1130. The molecule has 1 unspecified atom stereocenters. The van der Waals surface area contributed by atoms with E-state index in [4.69, 9.17) is 4.42 Å². The largest absolute Gasteiger partial charge is 0.459 e. The number of pyridine rings is 1. The molecule has 1 atom stereocenters. The molecule has 0 bridgehead atoms. The molecule has 4 rings (SSSR count). The van der Waals surface area contributed by atoms with Crippen LogP contribution in [0.5, 0.6) is 0 Å². The lowest BCUT2D eigenvalue weighted by Gasteiger charge is -2.32. The second-order valence-corrected chi connectivity index (χ2v) is 8.05. The summed E-state index contributed by atoms with van der Waals surface area (Å²) >= 11 is 0. The smallest absolute Gasteiger partial charge is 0.287 e. The number of benzene rings is 1. The summed E-state index contributed by atoms with van der Waals surface area (Å²) in [4.78, 5) is 44.5. The van der Waals surface area contributed by atoms with Gasteiger partial charge in [0.15, 0.2) is 5.76 Å². The second kappa shape index (κ2) is 10.7. The lowest BCUT2D eigenvalue weighted by atomic mass is 10.0. The van der Waals surface area contributed by atoms with Gasteiger partial charge in [-0.3, -0.25) is 24.3 Å². The predicted molar refractivity (Wildman–Crippen MR) is 122 cm³/mol. The molecule has 2 aromatic heterocycles. The molecule has 34 heavy (non-hydrogen) atoms. The van der Waals surface area contributed by atoms with Crippen LogP contribution in [0, 0.1) is 5.82 Å². The van der Waals surface area contributed by atoms with Gasteiger partial charge in [-0.05, 0) is 43.2 Å². The molecule has 3 amide bonds. The third kappa shape index (κ3) is 5.31.